The number of ether oxygens (including phenoxy) is 1. The van der Waals surface area contributed by atoms with Crippen LogP contribution in [0, 0.1) is 0 Å². The third kappa shape index (κ3) is 4.76. The lowest BCUT2D eigenvalue weighted by molar-refractivity contribution is -0.137. The van der Waals surface area contributed by atoms with Crippen LogP contribution in [0.5, 0.6) is 0 Å². The van der Waals surface area contributed by atoms with Crippen molar-refractivity contribution in [2.24, 2.45) is 0 Å². The number of hydrogen-bond donors (Lipinski definition) is 2. The summed E-state index contributed by atoms with van der Waals surface area (Å²) in [6.07, 6.45) is -3.16. The molecule has 1 heterocycles. The number of rotatable bonds is 5. The van der Waals surface area contributed by atoms with Gasteiger partial charge >= 0.3 is 12.1 Å². The molecule has 0 bridgehead atoms. The molecule has 0 saturated heterocycles. The van der Waals surface area contributed by atoms with E-state index >= 15 is 0 Å². The first kappa shape index (κ1) is 19.2. The molecule has 0 unspecified atom stereocenters. The van der Waals surface area contributed by atoms with E-state index in [1.807, 2.05) is 0 Å². The van der Waals surface area contributed by atoms with Gasteiger partial charge in [0, 0.05) is 17.4 Å². The summed E-state index contributed by atoms with van der Waals surface area (Å²) < 4.78 is 43.2. The number of carbonyl (C=O) groups excluding carboxylic acids is 1. The Kier molecular flexibility index (Phi) is 5.44. The van der Waals surface area contributed by atoms with E-state index in [2.05, 4.69) is 25.3 Å². The summed E-state index contributed by atoms with van der Waals surface area (Å²) in [5.74, 6) is 0.227. The highest BCUT2D eigenvalue weighted by molar-refractivity contribution is 5.90. The lowest BCUT2D eigenvalue weighted by Crippen LogP contribution is -2.05. The van der Waals surface area contributed by atoms with Gasteiger partial charge in [-0.2, -0.15) is 13.2 Å². The van der Waals surface area contributed by atoms with Crippen molar-refractivity contribution in [2.75, 3.05) is 17.7 Å². The predicted octanol–water partition coefficient (Wildman–Crippen LogP) is 4.77. The quantitative estimate of drug-likeness (QED) is 0.614. The average molecular weight is 388 g/mol. The lowest BCUT2D eigenvalue weighted by Gasteiger charge is -2.11. The number of benzene rings is 2. The molecule has 6 nitrogen and oxygen atoms in total. The lowest BCUT2D eigenvalue weighted by atomic mass is 10.2. The van der Waals surface area contributed by atoms with Crippen molar-refractivity contribution < 1.29 is 22.7 Å². The molecule has 0 aliphatic rings. The van der Waals surface area contributed by atoms with E-state index in [0.29, 0.717) is 22.9 Å². The smallest absolute Gasteiger partial charge is 0.416 e. The van der Waals surface area contributed by atoms with Gasteiger partial charge in [0.05, 0.1) is 18.2 Å². The van der Waals surface area contributed by atoms with Crippen LogP contribution < -0.4 is 10.6 Å². The highest BCUT2D eigenvalue weighted by atomic mass is 19.4. The van der Waals surface area contributed by atoms with Crippen LogP contribution >= 0.6 is 0 Å². The van der Waals surface area contributed by atoms with Gasteiger partial charge in [0.1, 0.15) is 18.0 Å². The van der Waals surface area contributed by atoms with Crippen molar-refractivity contribution in [3.05, 3.63) is 72.1 Å². The van der Waals surface area contributed by atoms with Crippen LogP contribution in [0.1, 0.15) is 15.9 Å². The van der Waals surface area contributed by atoms with Crippen LogP contribution in [0.2, 0.25) is 0 Å². The SMILES string of the molecule is COC(=O)c1cccc(Nc2cc(Nc3cccc(C(F)(F)F)c3)ncn2)c1. The van der Waals surface area contributed by atoms with Gasteiger partial charge in [-0.1, -0.05) is 12.1 Å². The largest absolute Gasteiger partial charge is 0.465 e. The van der Waals surface area contributed by atoms with Crippen LogP contribution in [0.15, 0.2) is 60.9 Å². The molecule has 28 heavy (non-hydrogen) atoms. The van der Waals surface area contributed by atoms with Gasteiger partial charge in [0.15, 0.2) is 0 Å². The van der Waals surface area contributed by atoms with E-state index in [9.17, 15) is 18.0 Å². The van der Waals surface area contributed by atoms with Crippen molar-refractivity contribution >= 4 is 29.0 Å². The maximum Gasteiger partial charge on any atom is 0.416 e. The molecule has 2 aromatic carbocycles. The number of hydrogen-bond acceptors (Lipinski definition) is 6. The molecule has 3 aromatic rings. The molecule has 144 valence electrons. The number of aromatic nitrogens is 2. The maximum atomic E-state index is 12.8. The van der Waals surface area contributed by atoms with Crippen LogP contribution in [-0.4, -0.2) is 23.0 Å². The minimum Gasteiger partial charge on any atom is -0.465 e. The van der Waals surface area contributed by atoms with Crippen LogP contribution in [-0.2, 0) is 10.9 Å². The number of carbonyl (C=O) groups is 1. The first-order valence-electron chi connectivity index (χ1n) is 8.07. The number of alkyl halides is 3. The molecule has 2 N–H and O–H groups in total. The zero-order valence-corrected chi connectivity index (χ0v) is 14.6. The van der Waals surface area contributed by atoms with Gasteiger partial charge in [-0.25, -0.2) is 14.8 Å². The molecular weight excluding hydrogens is 373 g/mol. The topological polar surface area (TPSA) is 76.1 Å². The Labute approximate surface area is 158 Å². The van der Waals surface area contributed by atoms with E-state index < -0.39 is 17.7 Å². The first-order valence-corrected chi connectivity index (χ1v) is 8.07. The molecule has 0 spiro atoms. The molecule has 1 aromatic heterocycles. The van der Waals surface area contributed by atoms with Crippen LogP contribution in [0.3, 0.4) is 0 Å². The van der Waals surface area contributed by atoms with E-state index in [1.54, 1.807) is 24.3 Å². The van der Waals surface area contributed by atoms with Crippen molar-refractivity contribution in [1.82, 2.24) is 9.97 Å². The fraction of sp³-hybridized carbons (Fsp3) is 0.105. The van der Waals surface area contributed by atoms with Gasteiger partial charge in [-0.05, 0) is 36.4 Å². The van der Waals surface area contributed by atoms with E-state index in [1.165, 1.54) is 31.6 Å². The average Bonchev–Trinajstić information content (AvgIpc) is 2.67. The molecule has 0 radical (unpaired) electrons. The van der Waals surface area contributed by atoms with Crippen molar-refractivity contribution in [1.29, 1.82) is 0 Å². The van der Waals surface area contributed by atoms with E-state index in [0.717, 1.165) is 12.1 Å². The predicted molar refractivity (Wildman–Crippen MR) is 97.8 cm³/mol. The number of esters is 1. The summed E-state index contributed by atoms with van der Waals surface area (Å²) in [6, 6.07) is 12.9. The van der Waals surface area contributed by atoms with Crippen molar-refractivity contribution in [3.8, 4) is 0 Å². The Bertz CT molecular complexity index is 993. The molecule has 9 heteroatoms. The van der Waals surface area contributed by atoms with Gasteiger partial charge in [0.2, 0.25) is 0 Å². The Morgan fingerprint density at radius 2 is 1.54 bits per heavy atom. The van der Waals surface area contributed by atoms with E-state index in [4.69, 9.17) is 0 Å². The second kappa shape index (κ2) is 7.95. The third-order valence-corrected chi connectivity index (χ3v) is 3.69. The maximum absolute atomic E-state index is 12.8. The fourth-order valence-corrected chi connectivity index (χ4v) is 2.40. The normalized spacial score (nSPS) is 11.0. The molecule has 0 saturated carbocycles. The molecule has 0 fully saturated rings. The van der Waals surface area contributed by atoms with Crippen LogP contribution in [0.4, 0.5) is 36.2 Å². The molecule has 0 atom stereocenters. The monoisotopic (exact) mass is 388 g/mol. The first-order chi connectivity index (χ1) is 13.3. The Hall–Kier alpha value is -3.62. The third-order valence-electron chi connectivity index (χ3n) is 3.69. The Balaban J connectivity index is 1.77. The fourth-order valence-electron chi connectivity index (χ4n) is 2.40. The molecular formula is C19H15F3N4O2. The zero-order chi connectivity index (χ0) is 20.1. The number of nitrogens with zero attached hydrogens (tertiary/aromatic N) is 2. The summed E-state index contributed by atoms with van der Waals surface area (Å²) in [6.45, 7) is 0. The number of anilines is 4. The van der Waals surface area contributed by atoms with Gasteiger partial charge in [0.25, 0.3) is 0 Å². The Morgan fingerprint density at radius 1 is 0.929 bits per heavy atom. The molecule has 0 aliphatic heterocycles. The minimum absolute atomic E-state index is 0.243. The summed E-state index contributed by atoms with van der Waals surface area (Å²) in [5, 5.41) is 5.82. The minimum atomic E-state index is -4.43. The summed E-state index contributed by atoms with van der Waals surface area (Å²) in [7, 11) is 1.29. The van der Waals surface area contributed by atoms with Crippen molar-refractivity contribution in [3.63, 3.8) is 0 Å². The zero-order valence-electron chi connectivity index (χ0n) is 14.6. The highest BCUT2D eigenvalue weighted by Crippen LogP contribution is 2.31. The molecule has 3 rings (SSSR count). The summed E-state index contributed by atoms with van der Waals surface area (Å²) in [5.41, 5.74) is 0.437. The van der Waals surface area contributed by atoms with Crippen LogP contribution in [0.25, 0.3) is 0 Å². The molecule has 0 aliphatic carbocycles. The summed E-state index contributed by atoms with van der Waals surface area (Å²) >= 11 is 0. The second-order valence-electron chi connectivity index (χ2n) is 5.69. The number of halogens is 3. The summed E-state index contributed by atoms with van der Waals surface area (Å²) in [4.78, 5) is 19.7. The van der Waals surface area contributed by atoms with Crippen molar-refractivity contribution in [2.45, 2.75) is 6.18 Å². The van der Waals surface area contributed by atoms with Gasteiger partial charge in [-0.3, -0.25) is 0 Å². The molecule has 0 amide bonds. The standard InChI is InChI=1S/C19H15F3N4O2/c1-28-18(27)12-4-2-6-14(8-12)25-16-10-17(24-11-23-16)26-15-7-3-5-13(9-15)19(20,21)22/h2-11H,1H3,(H2,23,24,25,26). The Morgan fingerprint density at radius 3 is 2.14 bits per heavy atom. The highest BCUT2D eigenvalue weighted by Gasteiger charge is 2.30. The second-order valence-corrected chi connectivity index (χ2v) is 5.69. The van der Waals surface area contributed by atoms with E-state index in [-0.39, 0.29) is 5.69 Å². The van der Waals surface area contributed by atoms with Gasteiger partial charge in [-0.15, -0.1) is 0 Å². The number of methoxy groups -OCH3 is 1. The number of nitrogens with one attached hydrogen (secondary N) is 2. The van der Waals surface area contributed by atoms with Gasteiger partial charge < -0.3 is 15.4 Å².